The largest absolute Gasteiger partial charge is 0.492 e. The van der Waals surface area contributed by atoms with Crippen LogP contribution >= 0.6 is 15.9 Å². The van der Waals surface area contributed by atoms with Crippen molar-refractivity contribution in [2.24, 2.45) is 0 Å². The molecule has 2 aromatic carbocycles. The van der Waals surface area contributed by atoms with Crippen molar-refractivity contribution in [1.29, 1.82) is 0 Å². The van der Waals surface area contributed by atoms with Crippen LogP contribution in [0.1, 0.15) is 24.1 Å². The lowest BCUT2D eigenvalue weighted by Crippen LogP contribution is -2.30. The molecule has 4 nitrogen and oxygen atoms in total. The summed E-state index contributed by atoms with van der Waals surface area (Å²) in [6.45, 7) is 3.95. The van der Waals surface area contributed by atoms with Gasteiger partial charge in [0, 0.05) is 19.1 Å². The topological polar surface area (TPSA) is 33.7 Å². The maximum absolute atomic E-state index is 13.2. The van der Waals surface area contributed by atoms with E-state index in [0.29, 0.717) is 18.9 Å². The molecule has 2 aromatic rings. The fourth-order valence-corrected chi connectivity index (χ4v) is 3.47. The second-order valence-electron chi connectivity index (χ2n) is 6.20. The monoisotopic (exact) mass is 424 g/mol. The fraction of sp³-hybridized carbons (Fsp3) is 0.400. The molecule has 0 radical (unpaired) electrons. The first kappa shape index (κ1) is 20.7. The van der Waals surface area contributed by atoms with E-state index in [1.54, 1.807) is 7.11 Å². The normalized spacial score (nSPS) is 12.3. The number of likely N-dealkylation sites (N-methyl/N-ethyl adjacent to an activating group) is 1. The van der Waals surface area contributed by atoms with E-state index in [9.17, 15) is 4.39 Å². The predicted molar refractivity (Wildman–Crippen MR) is 106 cm³/mol. The Labute approximate surface area is 163 Å². The molecular formula is C20H26BrFN2O2. The quantitative estimate of drug-likeness (QED) is 0.647. The molecule has 2 rings (SSSR count). The van der Waals surface area contributed by atoms with Gasteiger partial charge in [0.2, 0.25) is 0 Å². The van der Waals surface area contributed by atoms with Crippen LogP contribution in [-0.2, 0) is 6.54 Å². The van der Waals surface area contributed by atoms with Crippen LogP contribution in [0.3, 0.4) is 0 Å². The van der Waals surface area contributed by atoms with E-state index < -0.39 is 0 Å². The summed E-state index contributed by atoms with van der Waals surface area (Å²) in [5.41, 5.74) is 2.17. The van der Waals surface area contributed by atoms with E-state index in [0.717, 1.165) is 27.9 Å². The van der Waals surface area contributed by atoms with Crippen molar-refractivity contribution in [1.82, 2.24) is 10.2 Å². The average Bonchev–Trinajstić information content (AvgIpc) is 2.60. The molecule has 0 aliphatic carbocycles. The molecule has 1 N–H and O–H groups in total. The molecule has 1 atom stereocenters. The van der Waals surface area contributed by atoms with E-state index in [1.807, 2.05) is 45.3 Å². The number of hydrogen-bond donors (Lipinski definition) is 1. The van der Waals surface area contributed by atoms with Crippen molar-refractivity contribution in [2.75, 3.05) is 34.4 Å². The molecule has 0 heterocycles. The van der Waals surface area contributed by atoms with Crippen molar-refractivity contribution in [3.63, 3.8) is 0 Å². The molecule has 0 saturated carbocycles. The van der Waals surface area contributed by atoms with Gasteiger partial charge in [-0.15, -0.1) is 0 Å². The smallest absolute Gasteiger partial charge is 0.174 e. The zero-order valence-corrected chi connectivity index (χ0v) is 17.3. The summed E-state index contributed by atoms with van der Waals surface area (Å²) in [5, 5.41) is 3.48. The van der Waals surface area contributed by atoms with Gasteiger partial charge in [0.15, 0.2) is 11.5 Å². The average molecular weight is 425 g/mol. The molecule has 142 valence electrons. The van der Waals surface area contributed by atoms with Crippen LogP contribution in [-0.4, -0.2) is 39.3 Å². The summed E-state index contributed by atoms with van der Waals surface area (Å²) in [6.07, 6.45) is 0. The van der Waals surface area contributed by atoms with Crippen LogP contribution in [0, 0.1) is 5.82 Å². The maximum atomic E-state index is 13.2. The maximum Gasteiger partial charge on any atom is 0.174 e. The highest BCUT2D eigenvalue weighted by molar-refractivity contribution is 9.10. The van der Waals surface area contributed by atoms with Crippen LogP contribution in [0.25, 0.3) is 0 Å². The third-order valence-electron chi connectivity index (χ3n) is 4.12. The Morgan fingerprint density at radius 1 is 1.19 bits per heavy atom. The summed E-state index contributed by atoms with van der Waals surface area (Å²) in [4.78, 5) is 2.12. The number of ether oxygens (including phenoxy) is 2. The first-order chi connectivity index (χ1) is 12.5. The highest BCUT2D eigenvalue weighted by Gasteiger charge is 2.15. The van der Waals surface area contributed by atoms with Gasteiger partial charge in [-0.25, -0.2) is 4.39 Å². The zero-order chi connectivity index (χ0) is 19.1. The first-order valence-corrected chi connectivity index (χ1v) is 9.37. The number of halogens is 2. The fourth-order valence-electron chi connectivity index (χ4n) is 2.82. The summed E-state index contributed by atoms with van der Waals surface area (Å²) in [5.74, 6) is 1.21. The second kappa shape index (κ2) is 9.90. The van der Waals surface area contributed by atoms with Gasteiger partial charge < -0.3 is 19.7 Å². The van der Waals surface area contributed by atoms with Crippen molar-refractivity contribution in [2.45, 2.75) is 19.5 Å². The molecule has 0 aliphatic rings. The number of nitrogens with one attached hydrogen (secondary N) is 1. The van der Waals surface area contributed by atoms with Gasteiger partial charge in [0.25, 0.3) is 0 Å². The molecule has 1 unspecified atom stereocenters. The lowest BCUT2D eigenvalue weighted by Gasteiger charge is -2.25. The summed E-state index contributed by atoms with van der Waals surface area (Å²) in [7, 11) is 5.67. The van der Waals surface area contributed by atoms with E-state index in [-0.39, 0.29) is 11.9 Å². The van der Waals surface area contributed by atoms with Gasteiger partial charge in [-0.05, 0) is 72.3 Å². The lowest BCUT2D eigenvalue weighted by molar-refractivity contribution is 0.288. The van der Waals surface area contributed by atoms with Gasteiger partial charge in [0.05, 0.1) is 18.2 Å². The van der Waals surface area contributed by atoms with Crippen LogP contribution in [0.15, 0.2) is 40.9 Å². The number of nitrogens with zero attached hydrogens (tertiary/aromatic N) is 1. The molecule has 0 spiro atoms. The van der Waals surface area contributed by atoms with Crippen molar-refractivity contribution in [3.8, 4) is 11.5 Å². The second-order valence-corrected chi connectivity index (χ2v) is 7.06. The number of methoxy groups -OCH3 is 1. The molecule has 0 aliphatic heterocycles. The Kier molecular flexibility index (Phi) is 7.87. The lowest BCUT2D eigenvalue weighted by atomic mass is 10.1. The zero-order valence-electron chi connectivity index (χ0n) is 15.7. The molecule has 0 aromatic heterocycles. The third kappa shape index (κ3) is 5.43. The molecule has 0 bridgehead atoms. The summed E-state index contributed by atoms with van der Waals surface area (Å²) < 4.78 is 25.1. The Balaban J connectivity index is 2.06. The Hall–Kier alpha value is -1.63. The van der Waals surface area contributed by atoms with E-state index >= 15 is 0 Å². The van der Waals surface area contributed by atoms with Gasteiger partial charge in [-0.1, -0.05) is 12.1 Å². The standard InChI is InChI=1S/C20H26BrFN2O2/c1-5-26-19-11-14(10-17(21)20(19)25-4)12-23-13-18(24(2)3)15-6-8-16(22)9-7-15/h6-11,18,23H,5,12-13H2,1-4H3. The van der Waals surface area contributed by atoms with Crippen LogP contribution in [0.2, 0.25) is 0 Å². The van der Waals surface area contributed by atoms with Crippen LogP contribution < -0.4 is 14.8 Å². The van der Waals surface area contributed by atoms with Crippen molar-refractivity contribution in [3.05, 3.63) is 57.8 Å². The third-order valence-corrected chi connectivity index (χ3v) is 4.71. The van der Waals surface area contributed by atoms with Gasteiger partial charge >= 0.3 is 0 Å². The summed E-state index contributed by atoms with van der Waals surface area (Å²) in [6, 6.07) is 10.8. The molecule has 0 saturated heterocycles. The Morgan fingerprint density at radius 3 is 2.46 bits per heavy atom. The van der Waals surface area contributed by atoms with Crippen LogP contribution in [0.5, 0.6) is 11.5 Å². The Bertz CT molecular complexity index is 708. The highest BCUT2D eigenvalue weighted by atomic mass is 79.9. The number of rotatable bonds is 9. The van der Waals surface area contributed by atoms with Gasteiger partial charge in [-0.3, -0.25) is 0 Å². The van der Waals surface area contributed by atoms with E-state index in [4.69, 9.17) is 9.47 Å². The van der Waals surface area contributed by atoms with Crippen molar-refractivity contribution < 1.29 is 13.9 Å². The SMILES string of the molecule is CCOc1cc(CNCC(c2ccc(F)cc2)N(C)C)cc(Br)c1OC. The Morgan fingerprint density at radius 2 is 1.88 bits per heavy atom. The minimum Gasteiger partial charge on any atom is -0.492 e. The van der Waals surface area contributed by atoms with E-state index in [1.165, 1.54) is 12.1 Å². The van der Waals surface area contributed by atoms with Crippen molar-refractivity contribution >= 4 is 15.9 Å². The number of hydrogen-bond acceptors (Lipinski definition) is 4. The minimum absolute atomic E-state index is 0.156. The molecule has 0 fully saturated rings. The van der Waals surface area contributed by atoms with E-state index in [2.05, 4.69) is 26.1 Å². The molecule has 0 amide bonds. The number of benzene rings is 2. The van der Waals surface area contributed by atoms with Gasteiger partial charge in [0.1, 0.15) is 5.82 Å². The highest BCUT2D eigenvalue weighted by Crippen LogP contribution is 2.36. The summed E-state index contributed by atoms with van der Waals surface area (Å²) >= 11 is 3.54. The first-order valence-electron chi connectivity index (χ1n) is 8.58. The predicted octanol–water partition coefficient (Wildman–Crippen LogP) is 4.39. The minimum atomic E-state index is -0.217. The molecule has 26 heavy (non-hydrogen) atoms. The van der Waals surface area contributed by atoms with Gasteiger partial charge in [-0.2, -0.15) is 0 Å². The molecular weight excluding hydrogens is 399 g/mol. The van der Waals surface area contributed by atoms with Crippen LogP contribution in [0.4, 0.5) is 4.39 Å². The molecule has 6 heteroatoms.